The van der Waals surface area contributed by atoms with Gasteiger partial charge in [0.25, 0.3) is 0 Å². The standard InChI is InChI=1S/C12H15F3N4/c13-12(14,15)10-4-1-3-9(18-10)5-6-17-11(16)19-7-2-8-19/h1,3-4H,2,5-8H2,(H2,16,17). The predicted octanol–water partition coefficient (Wildman–Crippen LogP) is 1.66. The second-order valence-corrected chi connectivity index (χ2v) is 4.34. The minimum atomic E-state index is -4.41. The molecule has 0 radical (unpaired) electrons. The molecule has 2 rings (SSSR count). The molecule has 2 heterocycles. The molecule has 0 amide bonds. The lowest BCUT2D eigenvalue weighted by atomic mass is 10.2. The van der Waals surface area contributed by atoms with E-state index in [0.29, 0.717) is 24.6 Å². The molecule has 1 saturated heterocycles. The number of rotatable bonds is 3. The van der Waals surface area contributed by atoms with Crippen LogP contribution in [-0.2, 0) is 12.6 Å². The van der Waals surface area contributed by atoms with Crippen molar-refractivity contribution < 1.29 is 13.2 Å². The van der Waals surface area contributed by atoms with E-state index in [2.05, 4.69) is 9.98 Å². The summed E-state index contributed by atoms with van der Waals surface area (Å²) < 4.78 is 37.4. The third-order valence-corrected chi connectivity index (χ3v) is 2.92. The number of likely N-dealkylation sites (tertiary alicyclic amines) is 1. The van der Waals surface area contributed by atoms with E-state index in [1.807, 2.05) is 4.90 Å². The zero-order valence-corrected chi connectivity index (χ0v) is 10.3. The van der Waals surface area contributed by atoms with Crippen LogP contribution in [0.3, 0.4) is 0 Å². The first-order valence-corrected chi connectivity index (χ1v) is 6.05. The Morgan fingerprint density at radius 3 is 2.68 bits per heavy atom. The van der Waals surface area contributed by atoms with Crippen molar-refractivity contribution >= 4 is 5.96 Å². The van der Waals surface area contributed by atoms with Crippen LogP contribution >= 0.6 is 0 Å². The lowest BCUT2D eigenvalue weighted by Crippen LogP contribution is -2.46. The van der Waals surface area contributed by atoms with Crippen LogP contribution in [0.15, 0.2) is 23.2 Å². The first kappa shape index (κ1) is 13.6. The molecule has 0 aromatic carbocycles. The Bertz CT molecular complexity index is 466. The largest absolute Gasteiger partial charge is 0.433 e. The van der Waals surface area contributed by atoms with Crippen molar-refractivity contribution in [1.82, 2.24) is 9.88 Å². The Morgan fingerprint density at radius 2 is 2.11 bits per heavy atom. The van der Waals surface area contributed by atoms with Gasteiger partial charge in [-0.3, -0.25) is 4.99 Å². The Labute approximate surface area is 109 Å². The highest BCUT2D eigenvalue weighted by Crippen LogP contribution is 2.27. The van der Waals surface area contributed by atoms with Gasteiger partial charge in [0, 0.05) is 31.7 Å². The maximum Gasteiger partial charge on any atom is 0.433 e. The van der Waals surface area contributed by atoms with Gasteiger partial charge in [-0.2, -0.15) is 13.2 Å². The van der Waals surface area contributed by atoms with Gasteiger partial charge in [-0.15, -0.1) is 0 Å². The van der Waals surface area contributed by atoms with E-state index in [1.54, 1.807) is 6.07 Å². The molecule has 1 aliphatic heterocycles. The number of aliphatic imine (C=N–C) groups is 1. The quantitative estimate of drug-likeness (QED) is 0.672. The minimum absolute atomic E-state index is 0.344. The number of alkyl halides is 3. The van der Waals surface area contributed by atoms with Crippen molar-refractivity contribution in [2.24, 2.45) is 10.7 Å². The van der Waals surface area contributed by atoms with Crippen LogP contribution in [0.4, 0.5) is 13.2 Å². The van der Waals surface area contributed by atoms with Crippen LogP contribution in [0.25, 0.3) is 0 Å². The number of aromatic nitrogens is 1. The molecule has 1 aromatic rings. The fourth-order valence-electron chi connectivity index (χ4n) is 1.71. The molecule has 0 spiro atoms. The number of hydrogen-bond acceptors (Lipinski definition) is 2. The molecule has 0 atom stereocenters. The summed E-state index contributed by atoms with van der Waals surface area (Å²) in [5, 5.41) is 0. The van der Waals surface area contributed by atoms with Crippen LogP contribution in [0.1, 0.15) is 17.8 Å². The second-order valence-electron chi connectivity index (χ2n) is 4.34. The van der Waals surface area contributed by atoms with Gasteiger partial charge >= 0.3 is 6.18 Å². The van der Waals surface area contributed by atoms with Crippen molar-refractivity contribution in [2.45, 2.75) is 19.0 Å². The van der Waals surface area contributed by atoms with E-state index in [0.717, 1.165) is 25.6 Å². The molecule has 4 nitrogen and oxygen atoms in total. The third kappa shape index (κ3) is 3.59. The summed E-state index contributed by atoms with van der Waals surface area (Å²) in [6, 6.07) is 3.87. The number of hydrogen-bond donors (Lipinski definition) is 1. The third-order valence-electron chi connectivity index (χ3n) is 2.92. The molecule has 0 saturated carbocycles. The van der Waals surface area contributed by atoms with E-state index in [9.17, 15) is 13.2 Å². The van der Waals surface area contributed by atoms with Crippen LogP contribution in [0, 0.1) is 0 Å². The van der Waals surface area contributed by atoms with Crippen LogP contribution in [-0.4, -0.2) is 35.5 Å². The number of guanidine groups is 1. The van der Waals surface area contributed by atoms with Gasteiger partial charge in [0.15, 0.2) is 5.96 Å². The molecule has 1 aromatic heterocycles. The smallest absolute Gasteiger partial charge is 0.370 e. The average molecular weight is 272 g/mol. The molecule has 0 aliphatic carbocycles. The Kier molecular flexibility index (Phi) is 3.92. The minimum Gasteiger partial charge on any atom is -0.370 e. The topological polar surface area (TPSA) is 54.5 Å². The monoisotopic (exact) mass is 272 g/mol. The van der Waals surface area contributed by atoms with E-state index in [1.165, 1.54) is 6.07 Å². The zero-order valence-electron chi connectivity index (χ0n) is 10.3. The van der Waals surface area contributed by atoms with E-state index < -0.39 is 11.9 Å². The van der Waals surface area contributed by atoms with E-state index >= 15 is 0 Å². The van der Waals surface area contributed by atoms with Crippen LogP contribution < -0.4 is 5.73 Å². The van der Waals surface area contributed by atoms with E-state index in [-0.39, 0.29) is 0 Å². The van der Waals surface area contributed by atoms with Gasteiger partial charge in [-0.25, -0.2) is 4.98 Å². The summed E-state index contributed by atoms with van der Waals surface area (Å²) in [4.78, 5) is 9.63. The fraction of sp³-hybridized carbons (Fsp3) is 0.500. The van der Waals surface area contributed by atoms with Crippen molar-refractivity contribution in [3.8, 4) is 0 Å². The molecule has 2 N–H and O–H groups in total. The summed E-state index contributed by atoms with van der Waals surface area (Å²) in [5.41, 5.74) is 5.22. The molecule has 0 bridgehead atoms. The lowest BCUT2D eigenvalue weighted by Gasteiger charge is -2.31. The van der Waals surface area contributed by atoms with Gasteiger partial charge in [0.05, 0.1) is 0 Å². The molecule has 104 valence electrons. The summed E-state index contributed by atoms with van der Waals surface area (Å²) in [5.74, 6) is 0.457. The van der Waals surface area contributed by atoms with Crippen LogP contribution in [0.2, 0.25) is 0 Å². The summed E-state index contributed by atoms with van der Waals surface area (Å²) >= 11 is 0. The lowest BCUT2D eigenvalue weighted by molar-refractivity contribution is -0.141. The SMILES string of the molecule is NC(=NCCc1cccc(C(F)(F)F)n1)N1CCC1. The van der Waals surface area contributed by atoms with E-state index in [4.69, 9.17) is 5.73 Å². The van der Waals surface area contributed by atoms with Gasteiger partial charge in [-0.05, 0) is 18.6 Å². The number of nitrogens with zero attached hydrogens (tertiary/aromatic N) is 3. The molecule has 0 unspecified atom stereocenters. The first-order valence-electron chi connectivity index (χ1n) is 6.05. The second kappa shape index (κ2) is 5.46. The van der Waals surface area contributed by atoms with Crippen molar-refractivity contribution in [3.63, 3.8) is 0 Å². The van der Waals surface area contributed by atoms with Crippen LogP contribution in [0.5, 0.6) is 0 Å². The number of halogens is 3. The van der Waals surface area contributed by atoms with Gasteiger partial charge in [0.1, 0.15) is 5.69 Å². The number of nitrogens with two attached hydrogens (primary N) is 1. The first-order chi connectivity index (χ1) is 8.97. The Balaban J connectivity index is 1.92. The van der Waals surface area contributed by atoms with Crippen molar-refractivity contribution in [2.75, 3.05) is 19.6 Å². The molecule has 7 heteroatoms. The van der Waals surface area contributed by atoms with Crippen molar-refractivity contribution in [3.05, 3.63) is 29.6 Å². The summed E-state index contributed by atoms with van der Waals surface area (Å²) in [6.07, 6.45) is -2.96. The molecule has 1 fully saturated rings. The summed E-state index contributed by atoms with van der Waals surface area (Å²) in [7, 11) is 0. The highest BCUT2D eigenvalue weighted by atomic mass is 19.4. The zero-order chi connectivity index (χ0) is 13.9. The molecule has 19 heavy (non-hydrogen) atoms. The fourth-order valence-corrected chi connectivity index (χ4v) is 1.71. The maximum absolute atomic E-state index is 12.5. The van der Waals surface area contributed by atoms with Crippen molar-refractivity contribution in [1.29, 1.82) is 0 Å². The van der Waals surface area contributed by atoms with Gasteiger partial charge < -0.3 is 10.6 Å². The van der Waals surface area contributed by atoms with Gasteiger partial charge in [0.2, 0.25) is 0 Å². The molecule has 1 aliphatic rings. The summed E-state index contributed by atoms with van der Waals surface area (Å²) in [6.45, 7) is 2.14. The highest BCUT2D eigenvalue weighted by molar-refractivity contribution is 5.78. The highest BCUT2D eigenvalue weighted by Gasteiger charge is 2.32. The normalized spacial score (nSPS) is 16.4. The van der Waals surface area contributed by atoms with Gasteiger partial charge in [-0.1, -0.05) is 6.07 Å². The molecular weight excluding hydrogens is 257 g/mol. The molecular formula is C12H15F3N4. The Morgan fingerprint density at radius 1 is 1.37 bits per heavy atom. The average Bonchev–Trinajstić information content (AvgIpc) is 2.26. The Hall–Kier alpha value is -1.79. The predicted molar refractivity (Wildman–Crippen MR) is 65.6 cm³/mol. The number of pyridine rings is 1. The maximum atomic E-state index is 12.5.